The van der Waals surface area contributed by atoms with E-state index < -0.39 is 21.7 Å². The molecule has 0 aliphatic heterocycles. The number of urea groups is 1. The number of nitrogens with one attached hydrogen (secondary N) is 2. The molecule has 0 aromatic carbocycles. The predicted octanol–water partition coefficient (Wildman–Crippen LogP) is 2.62. The van der Waals surface area contributed by atoms with Gasteiger partial charge in [-0.25, -0.2) is 22.9 Å². The molecule has 0 saturated carbocycles. The van der Waals surface area contributed by atoms with Crippen molar-refractivity contribution in [3.8, 4) is 0 Å². The second-order valence-corrected chi connectivity index (χ2v) is 10.2. The van der Waals surface area contributed by atoms with Crippen LogP contribution in [-0.2, 0) is 28.5 Å². The minimum absolute atomic E-state index is 0.133. The normalized spacial score (nSPS) is 14.2. The summed E-state index contributed by atoms with van der Waals surface area (Å²) in [4.78, 5) is 16.4. The highest BCUT2D eigenvalue weighted by Gasteiger charge is 2.27. The van der Waals surface area contributed by atoms with Gasteiger partial charge in [-0.1, -0.05) is 0 Å². The summed E-state index contributed by atoms with van der Waals surface area (Å²) in [6.07, 6.45) is 7.84. The van der Waals surface area contributed by atoms with Crippen molar-refractivity contribution in [3.05, 3.63) is 46.9 Å². The van der Waals surface area contributed by atoms with Gasteiger partial charge in [-0.2, -0.15) is 0 Å². The van der Waals surface area contributed by atoms with Crippen LogP contribution < -0.4 is 10.0 Å². The van der Waals surface area contributed by atoms with Crippen LogP contribution in [0.2, 0.25) is 0 Å². The molecule has 28 heavy (non-hydrogen) atoms. The number of amides is 2. The summed E-state index contributed by atoms with van der Waals surface area (Å²) in [6, 6.07) is 2.92. The van der Waals surface area contributed by atoms with Crippen LogP contribution in [0.15, 0.2) is 34.9 Å². The fraction of sp³-hybridized carbons (Fsp3) is 0.333. The monoisotopic (exact) mass is 420 g/mol. The van der Waals surface area contributed by atoms with Crippen LogP contribution in [0.25, 0.3) is 5.52 Å². The summed E-state index contributed by atoms with van der Waals surface area (Å²) < 4.78 is 28.9. The smallest absolute Gasteiger partial charge is 0.333 e. The Balaban J connectivity index is 1.59. The van der Waals surface area contributed by atoms with E-state index in [1.807, 2.05) is 33.6 Å². The Morgan fingerprint density at radius 3 is 2.86 bits per heavy atom. The van der Waals surface area contributed by atoms with E-state index in [4.69, 9.17) is 0 Å². The molecule has 0 unspecified atom stereocenters. The number of aryl methyl sites for hydroxylation is 1. The van der Waals surface area contributed by atoms with Crippen LogP contribution in [0.3, 0.4) is 0 Å². The van der Waals surface area contributed by atoms with Crippen LogP contribution in [0.1, 0.15) is 36.4 Å². The van der Waals surface area contributed by atoms with Crippen molar-refractivity contribution in [2.24, 2.45) is 0 Å². The average molecular weight is 421 g/mol. The lowest BCUT2D eigenvalue weighted by Crippen LogP contribution is -2.34. The van der Waals surface area contributed by atoms with Crippen molar-refractivity contribution in [2.75, 3.05) is 5.32 Å². The number of fused-ring (bicyclic) bond motifs is 2. The van der Waals surface area contributed by atoms with Crippen molar-refractivity contribution in [3.63, 3.8) is 0 Å². The second kappa shape index (κ2) is 6.57. The van der Waals surface area contributed by atoms with Crippen molar-refractivity contribution in [1.29, 1.82) is 0 Å². The molecule has 1 aliphatic carbocycles. The second-order valence-electron chi connectivity index (χ2n) is 7.27. The first-order valence-corrected chi connectivity index (χ1v) is 11.1. The van der Waals surface area contributed by atoms with E-state index in [1.165, 1.54) is 13.8 Å². The van der Waals surface area contributed by atoms with Gasteiger partial charge < -0.3 is 14.8 Å². The molecular formula is C18H20N4O4S2. The Labute approximate surface area is 166 Å². The summed E-state index contributed by atoms with van der Waals surface area (Å²) in [7, 11) is -4.10. The number of carbonyl (C=O) groups is 1. The number of thiazole rings is 1. The van der Waals surface area contributed by atoms with E-state index in [0.717, 1.165) is 53.4 Å². The van der Waals surface area contributed by atoms with Gasteiger partial charge in [0.15, 0.2) is 4.21 Å². The van der Waals surface area contributed by atoms with Gasteiger partial charge in [-0.3, -0.25) is 0 Å². The lowest BCUT2D eigenvalue weighted by molar-refractivity contribution is 0.0783. The van der Waals surface area contributed by atoms with Crippen LogP contribution in [0.4, 0.5) is 10.5 Å². The molecule has 148 valence electrons. The highest BCUT2D eigenvalue weighted by molar-refractivity contribution is 7.92. The third-order valence-corrected chi connectivity index (χ3v) is 7.73. The summed E-state index contributed by atoms with van der Waals surface area (Å²) in [5.41, 5.74) is 2.38. The summed E-state index contributed by atoms with van der Waals surface area (Å²) in [5.74, 6) is 0. The number of carbonyl (C=O) groups excluding carboxylic acids is 1. The zero-order valence-electron chi connectivity index (χ0n) is 15.4. The number of anilines is 1. The topological polar surface area (TPSA) is 113 Å². The third kappa shape index (κ3) is 3.38. The first-order valence-electron chi connectivity index (χ1n) is 8.79. The Hall–Kier alpha value is -2.43. The minimum atomic E-state index is -4.10. The number of rotatable bonds is 4. The molecule has 10 heteroatoms. The molecule has 3 aromatic rings. The number of aromatic nitrogens is 2. The maximum Gasteiger partial charge on any atom is 0.333 e. The SMILES string of the molecule is CC(C)(O)c1ncc(S(=O)(=O)NC(=O)Nc2c3c(cn4cccc24)CCC3)s1. The standard InChI is InChI=1S/C18H20N4O4S2/c1-18(2,24)16-19-9-14(27-16)28(25,26)21-17(23)20-15-12-6-3-5-11(12)10-22-8-4-7-13(15)22/h4,7-10,24H,3,5-6H2,1-2H3,(H2,20,21,23). The highest BCUT2D eigenvalue weighted by Crippen LogP contribution is 2.33. The van der Waals surface area contributed by atoms with Crippen molar-refractivity contribution in [2.45, 2.75) is 42.9 Å². The molecule has 3 N–H and O–H groups in total. The van der Waals surface area contributed by atoms with E-state index in [-0.39, 0.29) is 9.22 Å². The van der Waals surface area contributed by atoms with Gasteiger partial charge in [0.05, 0.1) is 17.4 Å². The molecule has 3 heterocycles. The molecule has 1 aliphatic rings. The quantitative estimate of drug-likeness (QED) is 0.601. The number of pyridine rings is 1. The Morgan fingerprint density at radius 2 is 2.14 bits per heavy atom. The molecule has 4 rings (SSSR count). The van der Waals surface area contributed by atoms with E-state index in [2.05, 4.69) is 10.3 Å². The Morgan fingerprint density at radius 1 is 1.36 bits per heavy atom. The number of nitrogens with zero attached hydrogens (tertiary/aromatic N) is 2. The Kier molecular flexibility index (Phi) is 4.44. The van der Waals surface area contributed by atoms with E-state index in [1.54, 1.807) is 0 Å². The first-order chi connectivity index (χ1) is 13.1. The summed E-state index contributed by atoms with van der Waals surface area (Å²) in [6.45, 7) is 3.03. The minimum Gasteiger partial charge on any atom is -0.383 e. The molecular weight excluding hydrogens is 400 g/mol. The largest absolute Gasteiger partial charge is 0.383 e. The average Bonchev–Trinajstić information content (AvgIpc) is 3.33. The lowest BCUT2D eigenvalue weighted by Gasteiger charge is -2.14. The van der Waals surface area contributed by atoms with Gasteiger partial charge in [0, 0.05) is 12.4 Å². The molecule has 0 saturated heterocycles. The van der Waals surface area contributed by atoms with E-state index >= 15 is 0 Å². The third-order valence-electron chi connectivity index (χ3n) is 4.63. The zero-order chi connectivity index (χ0) is 20.1. The van der Waals surface area contributed by atoms with E-state index in [0.29, 0.717) is 5.69 Å². The zero-order valence-corrected chi connectivity index (χ0v) is 17.0. The van der Waals surface area contributed by atoms with Gasteiger partial charge >= 0.3 is 6.03 Å². The molecule has 2 amide bonds. The Bertz CT molecular complexity index is 1170. The predicted molar refractivity (Wildman–Crippen MR) is 106 cm³/mol. The molecule has 3 aromatic heterocycles. The molecule has 0 fully saturated rings. The van der Waals surface area contributed by atoms with Crippen LogP contribution in [-0.4, -0.2) is 28.9 Å². The number of aliphatic hydroxyl groups is 1. The molecule has 0 bridgehead atoms. The van der Waals surface area contributed by atoms with Gasteiger partial charge in [-0.05, 0) is 56.4 Å². The van der Waals surface area contributed by atoms with Gasteiger partial charge in [-0.15, -0.1) is 11.3 Å². The van der Waals surface area contributed by atoms with Gasteiger partial charge in [0.25, 0.3) is 10.0 Å². The van der Waals surface area contributed by atoms with Crippen molar-refractivity contribution >= 4 is 38.6 Å². The first kappa shape index (κ1) is 18.9. The summed E-state index contributed by atoms with van der Waals surface area (Å²) in [5, 5.41) is 12.9. The fourth-order valence-corrected chi connectivity index (χ4v) is 5.39. The molecule has 8 nitrogen and oxygen atoms in total. The van der Waals surface area contributed by atoms with E-state index in [9.17, 15) is 18.3 Å². The number of hydrogen-bond donors (Lipinski definition) is 3. The fourth-order valence-electron chi connectivity index (χ4n) is 3.35. The van der Waals surface area contributed by atoms with Crippen molar-refractivity contribution < 1.29 is 18.3 Å². The van der Waals surface area contributed by atoms with Crippen LogP contribution >= 0.6 is 11.3 Å². The molecule has 0 spiro atoms. The number of hydrogen-bond acceptors (Lipinski definition) is 6. The maximum absolute atomic E-state index is 12.5. The maximum atomic E-state index is 12.5. The molecule has 0 atom stereocenters. The number of sulfonamides is 1. The van der Waals surface area contributed by atoms with Gasteiger partial charge in [0.1, 0.15) is 10.6 Å². The lowest BCUT2D eigenvalue weighted by atomic mass is 10.1. The van der Waals surface area contributed by atoms with Crippen molar-refractivity contribution in [1.82, 2.24) is 14.1 Å². The summed E-state index contributed by atoms with van der Waals surface area (Å²) >= 11 is 0.823. The van der Waals surface area contributed by atoms with Crippen LogP contribution in [0.5, 0.6) is 0 Å². The van der Waals surface area contributed by atoms with Crippen LogP contribution in [0, 0.1) is 0 Å². The van der Waals surface area contributed by atoms with Gasteiger partial charge in [0.2, 0.25) is 0 Å². The molecule has 0 radical (unpaired) electrons. The highest BCUT2D eigenvalue weighted by atomic mass is 32.2.